The van der Waals surface area contributed by atoms with Gasteiger partial charge in [-0.2, -0.15) is 0 Å². The lowest BCUT2D eigenvalue weighted by atomic mass is 9.95. The molecule has 2 aromatic rings. The highest BCUT2D eigenvalue weighted by Gasteiger charge is 2.31. The van der Waals surface area contributed by atoms with E-state index in [9.17, 15) is 9.18 Å². The molecule has 1 amide bonds. The Labute approximate surface area is 138 Å². The molecule has 4 nitrogen and oxygen atoms in total. The van der Waals surface area contributed by atoms with Crippen LogP contribution in [0.25, 0.3) is 0 Å². The number of thiazole rings is 1. The molecule has 1 atom stereocenters. The van der Waals surface area contributed by atoms with Crippen LogP contribution >= 0.6 is 11.3 Å². The highest BCUT2D eigenvalue weighted by atomic mass is 32.1. The van der Waals surface area contributed by atoms with Crippen molar-refractivity contribution >= 4 is 17.2 Å². The average Bonchev–Trinajstić information content (AvgIpc) is 2.96. The summed E-state index contributed by atoms with van der Waals surface area (Å²) in [6.07, 6.45) is 2.95. The SMILES string of the molecule is COc1nc(C)c(C(=O)N2CCCC[C@H]2c2ccc(F)cc2)s1. The van der Waals surface area contributed by atoms with Crippen molar-refractivity contribution in [2.45, 2.75) is 32.2 Å². The highest BCUT2D eigenvalue weighted by molar-refractivity contribution is 7.15. The Morgan fingerprint density at radius 1 is 1.35 bits per heavy atom. The number of piperidine rings is 1. The Morgan fingerprint density at radius 2 is 2.09 bits per heavy atom. The van der Waals surface area contributed by atoms with Crippen molar-refractivity contribution in [1.82, 2.24) is 9.88 Å². The molecule has 1 aromatic carbocycles. The standard InChI is InChI=1S/C17H19FN2O2S/c1-11-15(23-17(19-11)22-2)16(21)20-10-4-3-5-14(20)12-6-8-13(18)9-7-12/h6-9,14H,3-5,10H2,1-2H3/t14-/m0/s1. The van der Waals surface area contributed by atoms with Crippen LogP contribution in [0.1, 0.15) is 46.2 Å². The van der Waals surface area contributed by atoms with Crippen LogP contribution in [0, 0.1) is 12.7 Å². The molecule has 3 rings (SSSR count). The predicted octanol–water partition coefficient (Wildman–Crippen LogP) is 3.97. The minimum atomic E-state index is -0.259. The lowest BCUT2D eigenvalue weighted by molar-refractivity contribution is 0.0615. The molecule has 23 heavy (non-hydrogen) atoms. The third-order valence-corrected chi connectivity index (χ3v) is 5.27. The highest BCUT2D eigenvalue weighted by Crippen LogP contribution is 2.34. The summed E-state index contributed by atoms with van der Waals surface area (Å²) >= 11 is 1.28. The van der Waals surface area contributed by atoms with Gasteiger partial charge in [-0.15, -0.1) is 0 Å². The number of benzene rings is 1. The summed E-state index contributed by atoms with van der Waals surface area (Å²) in [6, 6.07) is 6.43. The van der Waals surface area contributed by atoms with Gasteiger partial charge in [0.15, 0.2) is 0 Å². The second-order valence-corrected chi connectivity index (χ2v) is 6.62. The molecule has 1 aromatic heterocycles. The van der Waals surface area contributed by atoms with Gasteiger partial charge in [0.05, 0.1) is 18.8 Å². The molecular weight excluding hydrogens is 315 g/mol. The van der Waals surface area contributed by atoms with Crippen LogP contribution in [-0.4, -0.2) is 29.4 Å². The number of carbonyl (C=O) groups excluding carboxylic acids is 1. The number of rotatable bonds is 3. The van der Waals surface area contributed by atoms with Crippen molar-refractivity contribution < 1.29 is 13.9 Å². The zero-order valence-corrected chi connectivity index (χ0v) is 14.0. The summed E-state index contributed by atoms with van der Waals surface area (Å²) in [6.45, 7) is 2.53. The Bertz CT molecular complexity index is 699. The third-order valence-electron chi connectivity index (χ3n) is 4.16. The lowest BCUT2D eigenvalue weighted by Gasteiger charge is -2.36. The van der Waals surface area contributed by atoms with Crippen LogP contribution in [0.4, 0.5) is 4.39 Å². The van der Waals surface area contributed by atoms with Crippen LogP contribution in [0.5, 0.6) is 5.19 Å². The van der Waals surface area contributed by atoms with Gasteiger partial charge in [-0.3, -0.25) is 4.79 Å². The van der Waals surface area contributed by atoms with E-state index in [2.05, 4.69) is 4.98 Å². The molecule has 1 aliphatic heterocycles. The first-order valence-electron chi connectivity index (χ1n) is 7.68. The Morgan fingerprint density at radius 3 is 2.74 bits per heavy atom. The summed E-state index contributed by atoms with van der Waals surface area (Å²) < 4.78 is 18.3. The zero-order valence-electron chi connectivity index (χ0n) is 13.2. The Hall–Kier alpha value is -1.95. The fourth-order valence-electron chi connectivity index (χ4n) is 2.99. The number of aryl methyl sites for hydroxylation is 1. The second-order valence-electron chi connectivity index (χ2n) is 5.66. The van der Waals surface area contributed by atoms with E-state index in [4.69, 9.17) is 4.74 Å². The normalized spacial score (nSPS) is 18.0. The summed E-state index contributed by atoms with van der Waals surface area (Å²) in [5, 5.41) is 0.501. The molecule has 6 heteroatoms. The van der Waals surface area contributed by atoms with Gasteiger partial charge in [0, 0.05) is 6.54 Å². The fraction of sp³-hybridized carbons (Fsp3) is 0.412. The molecule has 0 radical (unpaired) electrons. The molecule has 0 spiro atoms. The Balaban J connectivity index is 1.89. The van der Waals surface area contributed by atoms with Crippen molar-refractivity contribution in [3.05, 3.63) is 46.2 Å². The molecule has 0 bridgehead atoms. The van der Waals surface area contributed by atoms with Gasteiger partial charge < -0.3 is 9.64 Å². The first-order valence-corrected chi connectivity index (χ1v) is 8.49. The molecule has 0 saturated carbocycles. The van der Waals surface area contributed by atoms with Gasteiger partial charge in [-0.05, 0) is 43.9 Å². The van der Waals surface area contributed by atoms with Crippen LogP contribution < -0.4 is 4.74 Å². The third kappa shape index (κ3) is 3.22. The predicted molar refractivity (Wildman–Crippen MR) is 87.4 cm³/mol. The monoisotopic (exact) mass is 334 g/mol. The van der Waals surface area contributed by atoms with Crippen molar-refractivity contribution in [1.29, 1.82) is 0 Å². The van der Waals surface area contributed by atoms with Crippen molar-refractivity contribution in [3.8, 4) is 5.19 Å². The summed E-state index contributed by atoms with van der Waals surface area (Å²) in [7, 11) is 1.55. The number of nitrogens with zero attached hydrogens (tertiary/aromatic N) is 2. The zero-order chi connectivity index (χ0) is 16.4. The average molecular weight is 334 g/mol. The minimum Gasteiger partial charge on any atom is -0.473 e. The maximum atomic E-state index is 13.2. The summed E-state index contributed by atoms with van der Waals surface area (Å²) in [5.41, 5.74) is 1.67. The smallest absolute Gasteiger partial charge is 0.273 e. The van der Waals surface area contributed by atoms with E-state index in [0.29, 0.717) is 22.3 Å². The van der Waals surface area contributed by atoms with E-state index in [-0.39, 0.29) is 17.8 Å². The lowest BCUT2D eigenvalue weighted by Crippen LogP contribution is -2.38. The van der Waals surface area contributed by atoms with Crippen molar-refractivity contribution in [2.24, 2.45) is 0 Å². The maximum absolute atomic E-state index is 13.2. The largest absolute Gasteiger partial charge is 0.473 e. The molecule has 0 N–H and O–H groups in total. The van der Waals surface area contributed by atoms with E-state index in [1.54, 1.807) is 19.2 Å². The molecule has 1 fully saturated rings. The molecule has 122 valence electrons. The molecule has 0 aliphatic carbocycles. The molecule has 2 heterocycles. The van der Waals surface area contributed by atoms with Crippen LogP contribution in [0.3, 0.4) is 0 Å². The maximum Gasteiger partial charge on any atom is 0.273 e. The number of methoxy groups -OCH3 is 1. The van der Waals surface area contributed by atoms with Crippen LogP contribution in [0.2, 0.25) is 0 Å². The number of likely N-dealkylation sites (tertiary alicyclic amines) is 1. The van der Waals surface area contributed by atoms with E-state index in [1.807, 2.05) is 11.8 Å². The Kier molecular flexibility index (Phi) is 4.61. The van der Waals surface area contributed by atoms with Crippen LogP contribution in [0.15, 0.2) is 24.3 Å². The van der Waals surface area contributed by atoms with E-state index >= 15 is 0 Å². The summed E-state index contributed by atoms with van der Waals surface area (Å²) in [4.78, 5) is 19.7. The first kappa shape index (κ1) is 15.9. The van der Waals surface area contributed by atoms with Gasteiger partial charge in [0.2, 0.25) is 0 Å². The number of carbonyl (C=O) groups is 1. The first-order chi connectivity index (χ1) is 11.1. The molecule has 1 aliphatic rings. The number of amides is 1. The van der Waals surface area contributed by atoms with Gasteiger partial charge >= 0.3 is 0 Å². The number of hydrogen-bond acceptors (Lipinski definition) is 4. The van der Waals surface area contributed by atoms with Crippen molar-refractivity contribution in [2.75, 3.05) is 13.7 Å². The van der Waals surface area contributed by atoms with Gasteiger partial charge in [-0.1, -0.05) is 23.5 Å². The number of ether oxygens (including phenoxy) is 1. The van der Waals surface area contributed by atoms with Gasteiger partial charge in [0.25, 0.3) is 11.1 Å². The number of aromatic nitrogens is 1. The minimum absolute atomic E-state index is 0.00987. The van der Waals surface area contributed by atoms with Gasteiger partial charge in [0.1, 0.15) is 10.7 Å². The quantitative estimate of drug-likeness (QED) is 0.853. The van der Waals surface area contributed by atoms with E-state index in [1.165, 1.54) is 23.5 Å². The number of halogens is 1. The van der Waals surface area contributed by atoms with Crippen molar-refractivity contribution in [3.63, 3.8) is 0 Å². The molecule has 0 unspecified atom stereocenters. The van der Waals surface area contributed by atoms with Crippen LogP contribution in [-0.2, 0) is 0 Å². The van der Waals surface area contributed by atoms with E-state index < -0.39 is 0 Å². The van der Waals surface area contributed by atoms with Gasteiger partial charge in [-0.25, -0.2) is 9.37 Å². The fourth-order valence-corrected chi connectivity index (χ4v) is 3.83. The summed E-state index contributed by atoms with van der Waals surface area (Å²) in [5.74, 6) is -0.275. The van der Waals surface area contributed by atoms with E-state index in [0.717, 1.165) is 24.8 Å². The molecular formula is C17H19FN2O2S. The number of hydrogen-bond donors (Lipinski definition) is 0. The second kappa shape index (κ2) is 6.66. The topological polar surface area (TPSA) is 42.4 Å². The molecule has 1 saturated heterocycles.